The summed E-state index contributed by atoms with van der Waals surface area (Å²) in [4.78, 5) is 0. The molecule has 1 aliphatic carbocycles. The Bertz CT molecular complexity index is 1020. The molecule has 29 heavy (non-hydrogen) atoms. The van der Waals surface area contributed by atoms with Crippen LogP contribution in [0.3, 0.4) is 0 Å². The van der Waals surface area contributed by atoms with Crippen molar-refractivity contribution in [1.82, 2.24) is 0 Å². The highest BCUT2D eigenvalue weighted by molar-refractivity contribution is 5.87. The molecule has 5 heteroatoms. The SMILES string of the molecule is Nc1ccc(-c2cc(N)ccc2C2=CCC(N)(N)C=C2)cc1.Nc1ccccc1. The zero-order valence-corrected chi connectivity index (χ0v) is 16.3. The number of nitrogens with two attached hydrogens (primary N) is 5. The standard InChI is InChI=1S/C18H20N4.C6H7N/c19-14-3-1-12(2-4-14)17-11-15(20)5-6-16(17)13-7-9-18(21,22)10-8-13;7-6-4-2-1-3-5-6/h1-9,11H,10,19-22H2;1-5H,7H2. The average molecular weight is 386 g/mol. The number of nitrogen functional groups attached to an aromatic ring is 3. The highest BCUT2D eigenvalue weighted by Gasteiger charge is 2.19. The third-order valence-corrected chi connectivity index (χ3v) is 4.62. The summed E-state index contributed by atoms with van der Waals surface area (Å²) in [6.45, 7) is 0. The number of hydrogen-bond acceptors (Lipinski definition) is 5. The van der Waals surface area contributed by atoms with Crippen LogP contribution in [-0.2, 0) is 0 Å². The van der Waals surface area contributed by atoms with Gasteiger partial charge in [-0.1, -0.05) is 48.6 Å². The summed E-state index contributed by atoms with van der Waals surface area (Å²) in [5.41, 5.74) is 34.8. The Morgan fingerprint density at radius 2 is 1.28 bits per heavy atom. The maximum absolute atomic E-state index is 5.97. The quantitative estimate of drug-likeness (QED) is 0.339. The van der Waals surface area contributed by atoms with Gasteiger partial charge in [-0.2, -0.15) is 0 Å². The number of hydrogen-bond donors (Lipinski definition) is 5. The first kappa shape index (κ1) is 20.2. The van der Waals surface area contributed by atoms with Crippen LogP contribution in [0.15, 0.2) is 91.0 Å². The second-order valence-corrected chi connectivity index (χ2v) is 7.15. The maximum atomic E-state index is 5.97. The Balaban J connectivity index is 0.000000290. The van der Waals surface area contributed by atoms with E-state index in [9.17, 15) is 0 Å². The molecule has 0 aliphatic heterocycles. The van der Waals surface area contributed by atoms with Gasteiger partial charge in [-0.05, 0) is 64.7 Å². The molecule has 0 spiro atoms. The third-order valence-electron chi connectivity index (χ3n) is 4.62. The average Bonchev–Trinajstić information content (AvgIpc) is 2.70. The maximum Gasteiger partial charge on any atom is 0.0867 e. The van der Waals surface area contributed by atoms with E-state index in [2.05, 4.69) is 6.08 Å². The van der Waals surface area contributed by atoms with Crippen molar-refractivity contribution in [3.05, 3.63) is 96.6 Å². The molecule has 0 unspecified atom stereocenters. The van der Waals surface area contributed by atoms with Gasteiger partial charge in [-0.25, -0.2) is 0 Å². The lowest BCUT2D eigenvalue weighted by Gasteiger charge is -2.23. The fraction of sp³-hybridized carbons (Fsp3) is 0.0833. The molecule has 0 atom stereocenters. The van der Waals surface area contributed by atoms with Gasteiger partial charge >= 0.3 is 0 Å². The number of rotatable bonds is 2. The Hall–Kier alpha value is -3.54. The van der Waals surface area contributed by atoms with Crippen molar-refractivity contribution in [3.63, 3.8) is 0 Å². The predicted octanol–water partition coefficient (Wildman–Crippen LogP) is 3.74. The smallest absolute Gasteiger partial charge is 0.0867 e. The first-order chi connectivity index (χ1) is 13.8. The number of benzene rings is 3. The molecule has 10 N–H and O–H groups in total. The Kier molecular flexibility index (Phi) is 6.02. The van der Waals surface area contributed by atoms with E-state index in [1.807, 2.05) is 84.9 Å². The van der Waals surface area contributed by atoms with Crippen LogP contribution in [-0.4, -0.2) is 5.66 Å². The van der Waals surface area contributed by atoms with Crippen LogP contribution >= 0.6 is 0 Å². The van der Waals surface area contributed by atoms with Crippen molar-refractivity contribution in [2.75, 3.05) is 17.2 Å². The van der Waals surface area contributed by atoms with Crippen LogP contribution in [0.1, 0.15) is 12.0 Å². The van der Waals surface area contributed by atoms with Crippen LogP contribution in [0, 0.1) is 0 Å². The van der Waals surface area contributed by atoms with Gasteiger partial charge in [0.2, 0.25) is 0 Å². The van der Waals surface area contributed by atoms with E-state index in [0.29, 0.717) is 6.42 Å². The van der Waals surface area contributed by atoms with Crippen molar-refractivity contribution in [1.29, 1.82) is 0 Å². The summed E-state index contributed by atoms with van der Waals surface area (Å²) in [6.07, 6.45) is 6.47. The van der Waals surface area contributed by atoms with Crippen molar-refractivity contribution >= 4 is 22.6 Å². The van der Waals surface area contributed by atoms with Crippen LogP contribution in [0.2, 0.25) is 0 Å². The molecule has 3 aromatic carbocycles. The molecule has 0 radical (unpaired) electrons. The van der Waals surface area contributed by atoms with Crippen LogP contribution in [0.25, 0.3) is 16.7 Å². The fourth-order valence-corrected chi connectivity index (χ4v) is 3.04. The highest BCUT2D eigenvalue weighted by Crippen LogP contribution is 2.34. The summed E-state index contributed by atoms with van der Waals surface area (Å²) in [5.74, 6) is 0. The van der Waals surface area contributed by atoms with E-state index >= 15 is 0 Å². The van der Waals surface area contributed by atoms with Crippen molar-refractivity contribution < 1.29 is 0 Å². The minimum atomic E-state index is -0.765. The van der Waals surface area contributed by atoms with Gasteiger partial charge in [-0.3, -0.25) is 0 Å². The van der Waals surface area contributed by atoms with Gasteiger partial charge in [0.05, 0.1) is 5.66 Å². The molecule has 0 saturated heterocycles. The molecular formula is C24H27N5. The van der Waals surface area contributed by atoms with Crippen molar-refractivity contribution in [2.45, 2.75) is 12.1 Å². The summed E-state index contributed by atoms with van der Waals surface area (Å²) < 4.78 is 0. The van der Waals surface area contributed by atoms with E-state index in [4.69, 9.17) is 28.7 Å². The van der Waals surface area contributed by atoms with Crippen LogP contribution in [0.5, 0.6) is 0 Å². The molecule has 0 bridgehead atoms. The lowest BCUT2D eigenvalue weighted by atomic mass is 9.89. The molecular weight excluding hydrogens is 358 g/mol. The van der Waals surface area contributed by atoms with Gasteiger partial charge in [0.15, 0.2) is 0 Å². The molecule has 0 aromatic heterocycles. The Morgan fingerprint density at radius 1 is 0.655 bits per heavy atom. The van der Waals surface area contributed by atoms with Gasteiger partial charge in [0.25, 0.3) is 0 Å². The summed E-state index contributed by atoms with van der Waals surface area (Å²) in [6, 6.07) is 23.2. The minimum absolute atomic E-state index is 0.602. The predicted molar refractivity (Wildman–Crippen MR) is 124 cm³/mol. The first-order valence-electron chi connectivity index (χ1n) is 9.37. The Labute approximate surface area is 171 Å². The van der Waals surface area contributed by atoms with E-state index in [1.165, 1.54) is 0 Å². The van der Waals surface area contributed by atoms with E-state index in [-0.39, 0.29) is 0 Å². The second-order valence-electron chi connectivity index (χ2n) is 7.15. The summed E-state index contributed by atoms with van der Waals surface area (Å²) >= 11 is 0. The largest absolute Gasteiger partial charge is 0.399 e. The van der Waals surface area contributed by atoms with Crippen LogP contribution < -0.4 is 28.7 Å². The molecule has 1 aliphatic rings. The molecule has 0 amide bonds. The monoisotopic (exact) mass is 385 g/mol. The molecule has 0 saturated carbocycles. The molecule has 3 aromatic rings. The number of anilines is 3. The highest BCUT2D eigenvalue weighted by atomic mass is 14.9. The Morgan fingerprint density at radius 3 is 1.83 bits per heavy atom. The zero-order chi connectivity index (χ0) is 20.9. The lowest BCUT2D eigenvalue weighted by Crippen LogP contribution is -2.47. The molecule has 0 heterocycles. The van der Waals surface area contributed by atoms with E-state index < -0.39 is 5.66 Å². The summed E-state index contributed by atoms with van der Waals surface area (Å²) in [5, 5.41) is 0. The lowest BCUT2D eigenvalue weighted by molar-refractivity contribution is 0.559. The van der Waals surface area contributed by atoms with E-state index in [0.717, 1.165) is 39.3 Å². The van der Waals surface area contributed by atoms with Crippen molar-refractivity contribution in [2.24, 2.45) is 11.5 Å². The number of para-hydroxylation sites is 1. The fourth-order valence-electron chi connectivity index (χ4n) is 3.04. The normalized spacial score (nSPS) is 14.5. The van der Waals surface area contributed by atoms with E-state index in [1.54, 1.807) is 0 Å². The molecule has 5 nitrogen and oxygen atoms in total. The van der Waals surface area contributed by atoms with Gasteiger partial charge in [0, 0.05) is 23.5 Å². The number of allylic oxidation sites excluding steroid dienone is 2. The third kappa shape index (κ3) is 5.48. The van der Waals surface area contributed by atoms with Gasteiger partial charge in [0.1, 0.15) is 0 Å². The topological polar surface area (TPSA) is 130 Å². The molecule has 148 valence electrons. The summed E-state index contributed by atoms with van der Waals surface area (Å²) in [7, 11) is 0. The molecule has 0 fully saturated rings. The minimum Gasteiger partial charge on any atom is -0.399 e. The first-order valence-corrected chi connectivity index (χ1v) is 9.37. The van der Waals surface area contributed by atoms with Gasteiger partial charge in [-0.15, -0.1) is 0 Å². The zero-order valence-electron chi connectivity index (χ0n) is 16.3. The van der Waals surface area contributed by atoms with Crippen LogP contribution in [0.4, 0.5) is 17.1 Å². The second kappa shape index (κ2) is 8.65. The van der Waals surface area contributed by atoms with Crippen molar-refractivity contribution in [3.8, 4) is 11.1 Å². The van der Waals surface area contributed by atoms with Gasteiger partial charge < -0.3 is 28.7 Å². The molecule has 4 rings (SSSR count).